The predicted molar refractivity (Wildman–Crippen MR) is 41.4 cm³/mol. The minimum Gasteiger partial charge on any atom is -0.469 e. The largest absolute Gasteiger partial charge is 0.469 e. The summed E-state index contributed by atoms with van der Waals surface area (Å²) in [5, 5.41) is 0. The summed E-state index contributed by atoms with van der Waals surface area (Å²) in [6, 6.07) is 0. The van der Waals surface area contributed by atoms with Crippen molar-refractivity contribution in [2.24, 2.45) is 11.3 Å². The summed E-state index contributed by atoms with van der Waals surface area (Å²) in [7, 11) is 1.40. The average Bonchev–Trinajstić information content (AvgIpc) is 1.99. The minimum absolute atomic E-state index is 0.000694. The molecule has 0 aliphatic heterocycles. The van der Waals surface area contributed by atoms with Crippen molar-refractivity contribution in [1.29, 1.82) is 0 Å². The second kappa shape index (κ2) is 2.31. The van der Waals surface area contributed by atoms with E-state index in [1.54, 1.807) is 0 Å². The maximum absolute atomic E-state index is 11.1. The van der Waals surface area contributed by atoms with Crippen molar-refractivity contribution >= 4 is 11.8 Å². The van der Waals surface area contributed by atoms with E-state index in [-0.39, 0.29) is 17.3 Å². The Morgan fingerprint density at radius 3 is 2.58 bits per heavy atom. The van der Waals surface area contributed by atoms with Crippen molar-refractivity contribution < 1.29 is 14.3 Å². The van der Waals surface area contributed by atoms with E-state index in [0.717, 1.165) is 19.3 Å². The molecule has 2 fully saturated rings. The van der Waals surface area contributed by atoms with Gasteiger partial charge >= 0.3 is 5.97 Å². The van der Waals surface area contributed by atoms with Crippen molar-refractivity contribution in [3.05, 3.63) is 0 Å². The third kappa shape index (κ3) is 0.822. The van der Waals surface area contributed by atoms with Gasteiger partial charge < -0.3 is 4.74 Å². The SMILES string of the molecule is COC(=O)C1CC2(CCC2=O)C1. The van der Waals surface area contributed by atoms with Gasteiger partial charge in [-0.3, -0.25) is 9.59 Å². The predicted octanol–water partition coefficient (Wildman–Crippen LogP) is 0.919. The molecule has 0 atom stereocenters. The average molecular weight is 168 g/mol. The van der Waals surface area contributed by atoms with Crippen molar-refractivity contribution in [2.45, 2.75) is 25.7 Å². The highest BCUT2D eigenvalue weighted by Gasteiger charge is 2.57. The van der Waals surface area contributed by atoms with Gasteiger partial charge in [0.05, 0.1) is 13.0 Å². The fourth-order valence-corrected chi connectivity index (χ4v) is 2.23. The lowest BCUT2D eigenvalue weighted by atomic mass is 9.51. The number of carbonyl (C=O) groups excluding carboxylic acids is 2. The summed E-state index contributed by atoms with van der Waals surface area (Å²) in [5.74, 6) is 0.197. The molecule has 66 valence electrons. The molecule has 0 saturated heterocycles. The molecule has 0 N–H and O–H groups in total. The molecule has 3 heteroatoms. The summed E-state index contributed by atoms with van der Waals surface area (Å²) in [4.78, 5) is 22.1. The molecule has 0 radical (unpaired) electrons. The number of rotatable bonds is 1. The highest BCUT2D eigenvalue weighted by Crippen LogP contribution is 2.56. The lowest BCUT2D eigenvalue weighted by Gasteiger charge is -2.50. The maximum atomic E-state index is 11.1. The van der Waals surface area contributed by atoms with Crippen LogP contribution in [-0.4, -0.2) is 18.9 Å². The van der Waals surface area contributed by atoms with Crippen molar-refractivity contribution in [3.63, 3.8) is 0 Å². The van der Waals surface area contributed by atoms with Gasteiger partial charge in [-0.2, -0.15) is 0 Å². The zero-order valence-corrected chi connectivity index (χ0v) is 7.13. The number of carbonyl (C=O) groups is 2. The number of methoxy groups -OCH3 is 1. The number of ether oxygens (including phenoxy) is 1. The van der Waals surface area contributed by atoms with Crippen LogP contribution in [0, 0.1) is 11.3 Å². The Kier molecular flexibility index (Phi) is 1.50. The van der Waals surface area contributed by atoms with E-state index < -0.39 is 0 Å². The van der Waals surface area contributed by atoms with Crippen LogP contribution in [0.15, 0.2) is 0 Å². The summed E-state index contributed by atoms with van der Waals surface area (Å²) >= 11 is 0. The number of hydrogen-bond acceptors (Lipinski definition) is 3. The smallest absolute Gasteiger partial charge is 0.308 e. The van der Waals surface area contributed by atoms with E-state index >= 15 is 0 Å². The monoisotopic (exact) mass is 168 g/mol. The molecule has 2 rings (SSSR count). The van der Waals surface area contributed by atoms with Gasteiger partial charge in [-0.25, -0.2) is 0 Å². The molecule has 2 aliphatic carbocycles. The van der Waals surface area contributed by atoms with E-state index in [4.69, 9.17) is 0 Å². The molecule has 0 heterocycles. The first-order chi connectivity index (χ1) is 5.68. The Labute approximate surface area is 71.1 Å². The molecule has 2 aliphatic rings. The van der Waals surface area contributed by atoms with E-state index in [9.17, 15) is 9.59 Å². The van der Waals surface area contributed by atoms with Crippen LogP contribution in [0.2, 0.25) is 0 Å². The van der Waals surface area contributed by atoms with Gasteiger partial charge in [-0.15, -0.1) is 0 Å². The molecular weight excluding hydrogens is 156 g/mol. The van der Waals surface area contributed by atoms with Gasteiger partial charge in [-0.05, 0) is 19.3 Å². The van der Waals surface area contributed by atoms with E-state index in [2.05, 4.69) is 4.74 Å². The van der Waals surface area contributed by atoms with Crippen LogP contribution in [0.5, 0.6) is 0 Å². The number of Topliss-reactive ketones (excluding diaryl/α,β-unsaturated/α-hetero) is 1. The minimum atomic E-state index is -0.152. The van der Waals surface area contributed by atoms with Crippen molar-refractivity contribution in [2.75, 3.05) is 7.11 Å². The van der Waals surface area contributed by atoms with Crippen LogP contribution in [0.1, 0.15) is 25.7 Å². The second-order valence-electron chi connectivity index (χ2n) is 3.83. The lowest BCUT2D eigenvalue weighted by molar-refractivity contribution is -0.164. The Morgan fingerprint density at radius 1 is 1.58 bits per heavy atom. The zero-order chi connectivity index (χ0) is 8.77. The topological polar surface area (TPSA) is 43.4 Å². The molecule has 2 saturated carbocycles. The Hall–Kier alpha value is -0.860. The van der Waals surface area contributed by atoms with Crippen LogP contribution < -0.4 is 0 Å². The number of esters is 1. The van der Waals surface area contributed by atoms with Gasteiger partial charge in [-0.1, -0.05) is 0 Å². The first kappa shape index (κ1) is 7.77. The zero-order valence-electron chi connectivity index (χ0n) is 7.13. The third-order valence-corrected chi connectivity index (χ3v) is 3.23. The fourth-order valence-electron chi connectivity index (χ4n) is 2.23. The maximum Gasteiger partial charge on any atom is 0.308 e. The lowest BCUT2D eigenvalue weighted by Crippen LogP contribution is -2.52. The first-order valence-electron chi connectivity index (χ1n) is 4.29. The number of ketones is 1. The molecule has 0 amide bonds. The van der Waals surface area contributed by atoms with Crippen molar-refractivity contribution in [3.8, 4) is 0 Å². The molecule has 0 aromatic carbocycles. The second-order valence-corrected chi connectivity index (χ2v) is 3.83. The van der Waals surface area contributed by atoms with Crippen LogP contribution in [-0.2, 0) is 14.3 Å². The molecule has 3 nitrogen and oxygen atoms in total. The Bertz CT molecular complexity index is 238. The third-order valence-electron chi connectivity index (χ3n) is 3.23. The van der Waals surface area contributed by atoms with E-state index in [1.165, 1.54) is 7.11 Å². The molecule has 0 bridgehead atoms. The molecular formula is C9H12O3. The molecule has 0 aromatic rings. The van der Waals surface area contributed by atoms with Gasteiger partial charge in [0.15, 0.2) is 0 Å². The van der Waals surface area contributed by atoms with Gasteiger partial charge in [0.2, 0.25) is 0 Å². The Morgan fingerprint density at radius 2 is 2.25 bits per heavy atom. The fraction of sp³-hybridized carbons (Fsp3) is 0.778. The quantitative estimate of drug-likeness (QED) is 0.547. The molecule has 0 aromatic heterocycles. The normalized spacial score (nSPS) is 38.8. The van der Waals surface area contributed by atoms with E-state index in [1.807, 2.05) is 0 Å². The summed E-state index contributed by atoms with van der Waals surface area (Å²) < 4.78 is 4.60. The van der Waals surface area contributed by atoms with E-state index in [0.29, 0.717) is 12.2 Å². The first-order valence-corrected chi connectivity index (χ1v) is 4.29. The summed E-state index contributed by atoms with van der Waals surface area (Å²) in [5.41, 5.74) is -0.0845. The van der Waals surface area contributed by atoms with Gasteiger partial charge in [0.25, 0.3) is 0 Å². The van der Waals surface area contributed by atoms with Crippen LogP contribution in [0.3, 0.4) is 0 Å². The van der Waals surface area contributed by atoms with Crippen LogP contribution in [0.4, 0.5) is 0 Å². The molecule has 12 heavy (non-hydrogen) atoms. The molecule has 1 spiro atoms. The summed E-state index contributed by atoms with van der Waals surface area (Å²) in [6.45, 7) is 0. The summed E-state index contributed by atoms with van der Waals surface area (Å²) in [6.07, 6.45) is 3.17. The standard InChI is InChI=1S/C9H12O3/c1-12-8(11)6-4-9(5-6)3-2-7(9)10/h6H,2-5H2,1H3. The van der Waals surface area contributed by atoms with Gasteiger partial charge in [0.1, 0.15) is 5.78 Å². The Balaban J connectivity index is 1.91. The highest BCUT2D eigenvalue weighted by atomic mass is 16.5. The van der Waals surface area contributed by atoms with Crippen LogP contribution in [0.25, 0.3) is 0 Å². The highest BCUT2D eigenvalue weighted by molar-refractivity contribution is 5.93. The molecule has 0 unspecified atom stereocenters. The van der Waals surface area contributed by atoms with Crippen molar-refractivity contribution in [1.82, 2.24) is 0 Å². The van der Waals surface area contributed by atoms with Gasteiger partial charge in [0, 0.05) is 11.8 Å². The van der Waals surface area contributed by atoms with Crippen LogP contribution >= 0.6 is 0 Å². The number of hydrogen-bond donors (Lipinski definition) is 0.